The fourth-order valence-corrected chi connectivity index (χ4v) is 2.11. The second kappa shape index (κ2) is 5.04. The number of pyridine rings is 1. The fourth-order valence-electron chi connectivity index (χ4n) is 2.11. The first kappa shape index (κ1) is 12.4. The lowest BCUT2D eigenvalue weighted by molar-refractivity contribution is 0.0685. The SMILES string of the molecule is CCCn1c(C(=O)O)ccc1-c1cccnc1C. The molecule has 0 saturated carbocycles. The summed E-state index contributed by atoms with van der Waals surface area (Å²) < 4.78 is 1.84. The van der Waals surface area contributed by atoms with Gasteiger partial charge in [-0.25, -0.2) is 4.79 Å². The highest BCUT2D eigenvalue weighted by Crippen LogP contribution is 2.25. The van der Waals surface area contributed by atoms with Crippen LogP contribution in [0.4, 0.5) is 0 Å². The Hall–Kier alpha value is -2.10. The van der Waals surface area contributed by atoms with E-state index in [-0.39, 0.29) is 0 Å². The zero-order valence-electron chi connectivity index (χ0n) is 10.6. The quantitative estimate of drug-likeness (QED) is 0.899. The van der Waals surface area contributed by atoms with Gasteiger partial charge in [0.15, 0.2) is 0 Å². The van der Waals surface area contributed by atoms with Gasteiger partial charge in [0.2, 0.25) is 0 Å². The molecular formula is C14H16N2O2. The molecule has 0 aliphatic heterocycles. The molecule has 0 unspecified atom stereocenters. The zero-order chi connectivity index (χ0) is 13.1. The molecule has 0 radical (unpaired) electrons. The Morgan fingerprint density at radius 3 is 2.78 bits per heavy atom. The Morgan fingerprint density at radius 1 is 1.39 bits per heavy atom. The molecule has 1 N–H and O–H groups in total. The maximum atomic E-state index is 11.2. The summed E-state index contributed by atoms with van der Waals surface area (Å²) in [4.78, 5) is 15.4. The minimum atomic E-state index is -0.892. The highest BCUT2D eigenvalue weighted by Gasteiger charge is 2.15. The summed E-state index contributed by atoms with van der Waals surface area (Å²) in [6.45, 7) is 4.66. The summed E-state index contributed by atoms with van der Waals surface area (Å²) in [6, 6.07) is 7.34. The van der Waals surface area contributed by atoms with E-state index >= 15 is 0 Å². The number of aromatic carboxylic acids is 1. The monoisotopic (exact) mass is 244 g/mol. The molecule has 2 heterocycles. The second-order valence-electron chi connectivity index (χ2n) is 4.20. The summed E-state index contributed by atoms with van der Waals surface area (Å²) in [6.07, 6.45) is 2.63. The van der Waals surface area contributed by atoms with E-state index in [4.69, 9.17) is 0 Å². The summed E-state index contributed by atoms with van der Waals surface area (Å²) in [7, 11) is 0. The highest BCUT2D eigenvalue weighted by molar-refractivity contribution is 5.87. The average Bonchev–Trinajstić information content (AvgIpc) is 2.74. The van der Waals surface area contributed by atoms with Gasteiger partial charge in [0.1, 0.15) is 5.69 Å². The lowest BCUT2D eigenvalue weighted by Gasteiger charge is -2.11. The summed E-state index contributed by atoms with van der Waals surface area (Å²) in [5.41, 5.74) is 3.14. The molecule has 0 saturated heterocycles. The van der Waals surface area contributed by atoms with Gasteiger partial charge in [-0.3, -0.25) is 4.98 Å². The van der Waals surface area contributed by atoms with Gasteiger partial charge in [0.25, 0.3) is 0 Å². The number of carboxylic acid groups (broad SMARTS) is 1. The maximum Gasteiger partial charge on any atom is 0.352 e. The number of hydrogen-bond acceptors (Lipinski definition) is 2. The van der Waals surface area contributed by atoms with Gasteiger partial charge >= 0.3 is 5.97 Å². The molecule has 0 aliphatic carbocycles. The molecule has 0 aliphatic rings. The van der Waals surface area contributed by atoms with Gasteiger partial charge in [0.05, 0.1) is 5.69 Å². The van der Waals surface area contributed by atoms with E-state index in [1.165, 1.54) is 0 Å². The van der Waals surface area contributed by atoms with E-state index in [0.717, 1.165) is 23.4 Å². The highest BCUT2D eigenvalue weighted by atomic mass is 16.4. The predicted molar refractivity (Wildman–Crippen MR) is 69.7 cm³/mol. The van der Waals surface area contributed by atoms with E-state index in [1.807, 2.05) is 36.6 Å². The molecule has 0 fully saturated rings. The predicted octanol–water partition coefficient (Wildman–Crippen LogP) is 2.97. The molecule has 4 heteroatoms. The molecule has 2 rings (SSSR count). The minimum Gasteiger partial charge on any atom is -0.477 e. The zero-order valence-corrected chi connectivity index (χ0v) is 10.6. The van der Waals surface area contributed by atoms with E-state index in [2.05, 4.69) is 4.98 Å². The molecule has 0 aromatic carbocycles. The van der Waals surface area contributed by atoms with Crippen LogP contribution < -0.4 is 0 Å². The number of aryl methyl sites for hydroxylation is 1. The number of aromatic nitrogens is 2. The molecule has 94 valence electrons. The second-order valence-corrected chi connectivity index (χ2v) is 4.20. The number of hydrogen-bond donors (Lipinski definition) is 1. The molecule has 0 atom stereocenters. The Labute approximate surface area is 106 Å². The van der Waals surface area contributed by atoms with Crippen molar-refractivity contribution in [3.63, 3.8) is 0 Å². The van der Waals surface area contributed by atoms with E-state index in [1.54, 1.807) is 12.3 Å². The van der Waals surface area contributed by atoms with E-state index in [9.17, 15) is 9.90 Å². The fraction of sp³-hybridized carbons (Fsp3) is 0.286. The first-order valence-corrected chi connectivity index (χ1v) is 6.00. The molecule has 0 spiro atoms. The maximum absolute atomic E-state index is 11.2. The first-order valence-electron chi connectivity index (χ1n) is 6.00. The first-order chi connectivity index (χ1) is 8.65. The van der Waals surface area contributed by atoms with Gasteiger partial charge in [-0.15, -0.1) is 0 Å². The van der Waals surface area contributed by atoms with Crippen molar-refractivity contribution in [2.24, 2.45) is 0 Å². The standard InChI is InChI=1S/C14H16N2O2/c1-3-9-16-12(6-7-13(16)14(17)18)11-5-4-8-15-10(11)2/h4-8H,3,9H2,1-2H3,(H,17,18). The van der Waals surface area contributed by atoms with Crippen LogP contribution in [0.5, 0.6) is 0 Å². The smallest absolute Gasteiger partial charge is 0.352 e. The van der Waals surface area contributed by atoms with E-state index < -0.39 is 5.97 Å². The molecule has 2 aromatic heterocycles. The third-order valence-corrected chi connectivity index (χ3v) is 2.93. The minimum absolute atomic E-state index is 0.329. The average molecular weight is 244 g/mol. The van der Waals surface area contributed by atoms with Crippen LogP contribution in [0, 0.1) is 6.92 Å². The van der Waals surface area contributed by atoms with Gasteiger partial charge < -0.3 is 9.67 Å². The Balaban J connectivity index is 2.58. The lowest BCUT2D eigenvalue weighted by atomic mass is 10.1. The number of rotatable bonds is 4. The topological polar surface area (TPSA) is 55.1 Å². The summed E-state index contributed by atoms with van der Waals surface area (Å²) in [5.74, 6) is -0.892. The molecular weight excluding hydrogens is 228 g/mol. The lowest BCUT2D eigenvalue weighted by Crippen LogP contribution is -2.09. The number of nitrogens with zero attached hydrogens (tertiary/aromatic N) is 2. The van der Waals surface area contributed by atoms with Crippen molar-refractivity contribution in [1.82, 2.24) is 9.55 Å². The van der Waals surface area contributed by atoms with Crippen LogP contribution in [-0.4, -0.2) is 20.6 Å². The van der Waals surface area contributed by atoms with Crippen molar-refractivity contribution in [3.05, 3.63) is 41.9 Å². The number of carbonyl (C=O) groups is 1. The van der Waals surface area contributed by atoms with Gasteiger partial charge in [0, 0.05) is 24.0 Å². The van der Waals surface area contributed by atoms with Crippen LogP contribution in [0.15, 0.2) is 30.5 Å². The third kappa shape index (κ3) is 2.14. The van der Waals surface area contributed by atoms with Gasteiger partial charge in [-0.05, 0) is 37.6 Å². The van der Waals surface area contributed by atoms with Crippen molar-refractivity contribution in [2.75, 3.05) is 0 Å². The van der Waals surface area contributed by atoms with Crippen molar-refractivity contribution >= 4 is 5.97 Å². The van der Waals surface area contributed by atoms with Crippen LogP contribution in [0.2, 0.25) is 0 Å². The number of carboxylic acids is 1. The molecule has 4 nitrogen and oxygen atoms in total. The van der Waals surface area contributed by atoms with Crippen molar-refractivity contribution in [2.45, 2.75) is 26.8 Å². The van der Waals surface area contributed by atoms with Crippen molar-refractivity contribution < 1.29 is 9.90 Å². The molecule has 2 aromatic rings. The van der Waals surface area contributed by atoms with Crippen LogP contribution in [-0.2, 0) is 6.54 Å². The Kier molecular flexibility index (Phi) is 3.46. The van der Waals surface area contributed by atoms with Crippen LogP contribution in [0.3, 0.4) is 0 Å². The van der Waals surface area contributed by atoms with Crippen LogP contribution >= 0.6 is 0 Å². The van der Waals surface area contributed by atoms with Gasteiger partial charge in [-0.2, -0.15) is 0 Å². The van der Waals surface area contributed by atoms with Crippen molar-refractivity contribution in [3.8, 4) is 11.3 Å². The van der Waals surface area contributed by atoms with Gasteiger partial charge in [-0.1, -0.05) is 6.92 Å². The van der Waals surface area contributed by atoms with Crippen molar-refractivity contribution in [1.29, 1.82) is 0 Å². The Morgan fingerprint density at radius 2 is 2.17 bits per heavy atom. The summed E-state index contributed by atoms with van der Waals surface area (Å²) in [5, 5.41) is 9.19. The van der Waals surface area contributed by atoms with Crippen LogP contribution in [0.1, 0.15) is 29.5 Å². The molecule has 0 bridgehead atoms. The Bertz CT molecular complexity index is 573. The normalized spacial score (nSPS) is 10.6. The third-order valence-electron chi connectivity index (χ3n) is 2.93. The largest absolute Gasteiger partial charge is 0.477 e. The molecule has 18 heavy (non-hydrogen) atoms. The summed E-state index contributed by atoms with van der Waals surface area (Å²) >= 11 is 0. The van der Waals surface area contributed by atoms with Crippen LogP contribution in [0.25, 0.3) is 11.3 Å². The van der Waals surface area contributed by atoms with E-state index in [0.29, 0.717) is 12.2 Å². The molecule has 0 amide bonds.